The van der Waals surface area contributed by atoms with Crippen LogP contribution in [0.15, 0.2) is 36.7 Å². The van der Waals surface area contributed by atoms with Gasteiger partial charge in [0.15, 0.2) is 11.5 Å². The molecule has 2 aromatic heterocycles. The molecule has 0 aliphatic rings. The van der Waals surface area contributed by atoms with Crippen molar-refractivity contribution in [1.82, 2.24) is 19.9 Å². The number of aromatic amines is 1. The Bertz CT molecular complexity index is 834. The Morgan fingerprint density at radius 1 is 1.33 bits per heavy atom. The molecule has 124 valence electrons. The average Bonchev–Trinajstić information content (AvgIpc) is 3.10. The summed E-state index contributed by atoms with van der Waals surface area (Å²) >= 11 is 0. The van der Waals surface area contributed by atoms with Crippen LogP contribution in [0, 0.1) is 0 Å². The normalized spacial score (nSPS) is 12.1. The largest absolute Gasteiger partial charge is 0.463 e. The highest BCUT2D eigenvalue weighted by atomic mass is 16.5. The zero-order valence-corrected chi connectivity index (χ0v) is 13.1. The Hall–Kier alpha value is -3.00. The number of benzene rings is 1. The molecule has 0 saturated heterocycles. The molecule has 8 heteroatoms. The maximum atomic E-state index is 11.7. The summed E-state index contributed by atoms with van der Waals surface area (Å²) in [5, 5.41) is 12.8. The van der Waals surface area contributed by atoms with E-state index in [0.29, 0.717) is 23.4 Å². The number of carbonyl (C=O) groups excluding carboxylic acids is 1. The molecule has 0 bridgehead atoms. The van der Waals surface area contributed by atoms with Crippen LogP contribution in [0.3, 0.4) is 0 Å². The van der Waals surface area contributed by atoms with Crippen molar-refractivity contribution in [3.8, 4) is 0 Å². The van der Waals surface area contributed by atoms with Gasteiger partial charge in [-0.1, -0.05) is 30.3 Å². The van der Waals surface area contributed by atoms with Gasteiger partial charge in [-0.2, -0.15) is 0 Å². The molecule has 1 atom stereocenters. The molecule has 0 radical (unpaired) electrons. The van der Waals surface area contributed by atoms with Crippen molar-refractivity contribution in [1.29, 1.82) is 0 Å². The van der Waals surface area contributed by atoms with E-state index in [2.05, 4.69) is 30.0 Å². The lowest BCUT2D eigenvalue weighted by molar-refractivity contribution is 0.0587. The van der Waals surface area contributed by atoms with Crippen LogP contribution in [0.4, 0.5) is 5.82 Å². The number of methoxy groups -OCH3 is 1. The minimum Gasteiger partial charge on any atom is -0.463 e. The number of esters is 1. The summed E-state index contributed by atoms with van der Waals surface area (Å²) < 4.78 is 4.66. The van der Waals surface area contributed by atoms with Crippen LogP contribution in [0.5, 0.6) is 0 Å². The number of ether oxygens (including phenoxy) is 1. The minimum atomic E-state index is -0.647. The molecule has 0 amide bonds. The number of carbonyl (C=O) groups is 1. The van der Waals surface area contributed by atoms with Crippen molar-refractivity contribution in [3.05, 3.63) is 48.0 Å². The van der Waals surface area contributed by atoms with Crippen molar-refractivity contribution in [2.75, 3.05) is 19.0 Å². The van der Waals surface area contributed by atoms with Crippen LogP contribution in [-0.4, -0.2) is 50.8 Å². The van der Waals surface area contributed by atoms with E-state index in [9.17, 15) is 9.90 Å². The van der Waals surface area contributed by atoms with E-state index in [4.69, 9.17) is 0 Å². The molecule has 8 nitrogen and oxygen atoms in total. The second-order valence-electron chi connectivity index (χ2n) is 5.20. The van der Waals surface area contributed by atoms with Gasteiger partial charge in [-0.05, 0) is 12.0 Å². The first-order valence-corrected chi connectivity index (χ1v) is 7.42. The fraction of sp³-hybridized carbons (Fsp3) is 0.250. The molecule has 2 heterocycles. The van der Waals surface area contributed by atoms with E-state index in [0.717, 1.165) is 5.56 Å². The molecule has 0 spiro atoms. The molecule has 1 aromatic carbocycles. The van der Waals surface area contributed by atoms with Crippen molar-refractivity contribution in [2.24, 2.45) is 0 Å². The van der Waals surface area contributed by atoms with E-state index in [1.54, 1.807) is 0 Å². The van der Waals surface area contributed by atoms with E-state index in [-0.39, 0.29) is 18.5 Å². The maximum Gasteiger partial charge on any atom is 0.376 e. The van der Waals surface area contributed by atoms with Gasteiger partial charge in [0.1, 0.15) is 5.52 Å². The Balaban J connectivity index is 1.89. The van der Waals surface area contributed by atoms with Crippen LogP contribution < -0.4 is 5.32 Å². The lowest BCUT2D eigenvalue weighted by atomic mass is 10.1. The maximum absolute atomic E-state index is 11.7. The van der Waals surface area contributed by atoms with Gasteiger partial charge in [0.05, 0.1) is 26.1 Å². The molecule has 0 saturated carbocycles. The number of H-pyrrole nitrogens is 1. The predicted octanol–water partition coefficient (Wildman–Crippen LogP) is 1.16. The lowest BCUT2D eigenvalue weighted by Crippen LogP contribution is -2.27. The van der Waals surface area contributed by atoms with Crippen molar-refractivity contribution in [3.63, 3.8) is 0 Å². The van der Waals surface area contributed by atoms with Crippen LogP contribution in [-0.2, 0) is 11.2 Å². The monoisotopic (exact) mass is 327 g/mol. The third-order valence-corrected chi connectivity index (χ3v) is 3.54. The molecule has 3 aromatic rings. The predicted molar refractivity (Wildman–Crippen MR) is 87.7 cm³/mol. The van der Waals surface area contributed by atoms with Gasteiger partial charge in [-0.25, -0.2) is 19.7 Å². The fourth-order valence-electron chi connectivity index (χ4n) is 2.37. The molecule has 3 N–H and O–H groups in total. The van der Waals surface area contributed by atoms with Crippen LogP contribution in [0.25, 0.3) is 11.2 Å². The standard InChI is InChI=1S/C16H17N5O3/c1-24-16(23)15-20-13-12(17-9-18-13)14(21-15)19-11(8-22)7-10-5-3-2-4-6-10/h2-6,9,11,22H,7-8H2,1H3,(H2,17,18,19,20,21)/t11-/m0/s1. The number of aromatic nitrogens is 4. The van der Waals surface area contributed by atoms with Crippen molar-refractivity contribution in [2.45, 2.75) is 12.5 Å². The average molecular weight is 327 g/mol. The summed E-state index contributed by atoms with van der Waals surface area (Å²) in [6.45, 7) is -0.0952. The number of rotatable bonds is 6. The Kier molecular flexibility index (Phi) is 4.66. The van der Waals surface area contributed by atoms with Crippen LogP contribution in [0.2, 0.25) is 0 Å². The number of anilines is 1. The zero-order valence-electron chi connectivity index (χ0n) is 13.1. The van der Waals surface area contributed by atoms with Crippen molar-refractivity contribution < 1.29 is 14.6 Å². The lowest BCUT2D eigenvalue weighted by Gasteiger charge is -2.17. The highest BCUT2D eigenvalue weighted by Gasteiger charge is 2.18. The molecule has 0 unspecified atom stereocenters. The Labute approximate surface area is 137 Å². The third kappa shape index (κ3) is 3.33. The topological polar surface area (TPSA) is 113 Å². The van der Waals surface area contributed by atoms with E-state index in [1.807, 2.05) is 30.3 Å². The number of hydrogen-bond donors (Lipinski definition) is 3. The summed E-state index contributed by atoms with van der Waals surface area (Å²) in [5.41, 5.74) is 1.99. The van der Waals surface area contributed by atoms with Crippen LogP contribution >= 0.6 is 0 Å². The smallest absolute Gasteiger partial charge is 0.376 e. The first-order chi connectivity index (χ1) is 11.7. The summed E-state index contributed by atoms with van der Waals surface area (Å²) in [6.07, 6.45) is 2.07. The summed E-state index contributed by atoms with van der Waals surface area (Å²) in [6, 6.07) is 9.51. The highest BCUT2D eigenvalue weighted by Crippen LogP contribution is 2.18. The van der Waals surface area contributed by atoms with Gasteiger partial charge in [-0.3, -0.25) is 0 Å². The number of aliphatic hydroxyl groups excluding tert-OH is 1. The number of imidazole rings is 1. The molecular formula is C16H17N5O3. The Morgan fingerprint density at radius 2 is 2.12 bits per heavy atom. The first kappa shape index (κ1) is 15.9. The Morgan fingerprint density at radius 3 is 2.83 bits per heavy atom. The van der Waals surface area contributed by atoms with Gasteiger partial charge in [0.25, 0.3) is 0 Å². The van der Waals surface area contributed by atoms with Gasteiger partial charge >= 0.3 is 5.97 Å². The summed E-state index contributed by atoms with van der Waals surface area (Å²) in [5.74, 6) is -0.338. The minimum absolute atomic E-state index is 0.0870. The quantitative estimate of drug-likeness (QED) is 0.582. The van der Waals surface area contributed by atoms with Crippen LogP contribution in [0.1, 0.15) is 16.2 Å². The number of fused-ring (bicyclic) bond motifs is 1. The van der Waals surface area contributed by atoms with E-state index in [1.165, 1.54) is 13.4 Å². The molecule has 0 aliphatic heterocycles. The number of hydrogen-bond acceptors (Lipinski definition) is 7. The van der Waals surface area contributed by atoms with Gasteiger partial charge in [0, 0.05) is 0 Å². The molecule has 3 rings (SSSR count). The number of nitrogens with one attached hydrogen (secondary N) is 2. The fourth-order valence-corrected chi connectivity index (χ4v) is 2.37. The first-order valence-electron chi connectivity index (χ1n) is 7.42. The number of nitrogens with zero attached hydrogens (tertiary/aromatic N) is 3. The second kappa shape index (κ2) is 7.05. The van der Waals surface area contributed by atoms with E-state index >= 15 is 0 Å². The molecular weight excluding hydrogens is 310 g/mol. The van der Waals surface area contributed by atoms with E-state index < -0.39 is 5.97 Å². The zero-order chi connectivity index (χ0) is 16.9. The molecule has 0 fully saturated rings. The number of aliphatic hydroxyl groups is 1. The SMILES string of the molecule is COC(=O)c1nc(N[C@H](CO)Cc2ccccc2)c2[nH]cnc2n1. The molecule has 24 heavy (non-hydrogen) atoms. The summed E-state index contributed by atoms with van der Waals surface area (Å²) in [7, 11) is 1.26. The molecule has 0 aliphatic carbocycles. The van der Waals surface area contributed by atoms with Gasteiger partial charge < -0.3 is 20.1 Å². The third-order valence-electron chi connectivity index (χ3n) is 3.54. The van der Waals surface area contributed by atoms with Gasteiger partial charge in [0.2, 0.25) is 5.82 Å². The summed E-state index contributed by atoms with van der Waals surface area (Å²) in [4.78, 5) is 27.0. The van der Waals surface area contributed by atoms with Crippen molar-refractivity contribution >= 4 is 23.0 Å². The highest BCUT2D eigenvalue weighted by molar-refractivity contribution is 5.91. The second-order valence-corrected chi connectivity index (χ2v) is 5.20. The van der Waals surface area contributed by atoms with Gasteiger partial charge in [-0.15, -0.1) is 0 Å².